The summed E-state index contributed by atoms with van der Waals surface area (Å²) >= 11 is 5.81. The lowest BCUT2D eigenvalue weighted by Gasteiger charge is -2.12. The number of anilines is 1. The second kappa shape index (κ2) is 4.53. The van der Waals surface area contributed by atoms with Crippen LogP contribution in [0.2, 0.25) is 5.28 Å². The van der Waals surface area contributed by atoms with Gasteiger partial charge in [0.2, 0.25) is 11.2 Å². The average Bonchev–Trinajstić information content (AvgIpc) is 2.61. The van der Waals surface area contributed by atoms with E-state index in [0.717, 1.165) is 5.95 Å². The van der Waals surface area contributed by atoms with Crippen molar-refractivity contribution in [1.29, 1.82) is 0 Å². The molecule has 2 aromatic rings. The molecule has 5 heteroatoms. The zero-order valence-corrected chi connectivity index (χ0v) is 10.0. The molecule has 0 atom stereocenters. The smallest absolute Gasteiger partial charge is 0.244 e. The molecule has 0 radical (unpaired) electrons. The van der Waals surface area contributed by atoms with Crippen molar-refractivity contribution >= 4 is 17.5 Å². The van der Waals surface area contributed by atoms with Crippen LogP contribution in [-0.4, -0.2) is 28.9 Å². The van der Waals surface area contributed by atoms with Crippen molar-refractivity contribution < 1.29 is 0 Å². The minimum absolute atomic E-state index is 0.277. The van der Waals surface area contributed by atoms with Crippen LogP contribution in [0.5, 0.6) is 0 Å². The predicted molar refractivity (Wildman–Crippen MR) is 64.9 cm³/mol. The zero-order valence-electron chi connectivity index (χ0n) is 9.26. The lowest BCUT2D eigenvalue weighted by molar-refractivity contribution is 0.678. The monoisotopic (exact) mass is 236 g/mol. The fourth-order valence-electron chi connectivity index (χ4n) is 1.50. The lowest BCUT2D eigenvalue weighted by atomic mass is 10.2. The first-order chi connectivity index (χ1) is 7.66. The van der Waals surface area contributed by atoms with Crippen LogP contribution < -0.4 is 4.90 Å². The van der Waals surface area contributed by atoms with Crippen LogP contribution in [-0.2, 0) is 6.54 Å². The van der Waals surface area contributed by atoms with Crippen LogP contribution in [0, 0.1) is 0 Å². The molecule has 1 heterocycles. The molecule has 0 aliphatic rings. The zero-order chi connectivity index (χ0) is 11.5. The highest BCUT2D eigenvalue weighted by Gasteiger charge is 2.10. The Bertz CT molecular complexity index is 464. The van der Waals surface area contributed by atoms with Gasteiger partial charge < -0.3 is 4.90 Å². The third-order valence-electron chi connectivity index (χ3n) is 2.20. The second-order valence-electron chi connectivity index (χ2n) is 3.72. The Morgan fingerprint density at radius 1 is 1.25 bits per heavy atom. The van der Waals surface area contributed by atoms with Crippen LogP contribution in [0.4, 0.5) is 5.95 Å². The van der Waals surface area contributed by atoms with E-state index in [0.29, 0.717) is 6.54 Å². The second-order valence-corrected chi connectivity index (χ2v) is 4.06. The van der Waals surface area contributed by atoms with Crippen LogP contribution in [0.1, 0.15) is 5.56 Å². The maximum Gasteiger partial charge on any atom is 0.244 e. The van der Waals surface area contributed by atoms with Gasteiger partial charge in [0, 0.05) is 14.1 Å². The van der Waals surface area contributed by atoms with Gasteiger partial charge in [0.05, 0.1) is 6.54 Å². The molecule has 0 aliphatic carbocycles. The fourth-order valence-corrected chi connectivity index (χ4v) is 1.67. The van der Waals surface area contributed by atoms with Gasteiger partial charge in [-0.3, -0.25) is 0 Å². The number of aromatic nitrogens is 3. The van der Waals surface area contributed by atoms with Gasteiger partial charge in [-0.25, -0.2) is 4.68 Å². The number of hydrogen-bond donors (Lipinski definition) is 0. The van der Waals surface area contributed by atoms with Crippen molar-refractivity contribution in [2.24, 2.45) is 0 Å². The largest absolute Gasteiger partial charge is 0.347 e. The first-order valence-corrected chi connectivity index (χ1v) is 5.36. The van der Waals surface area contributed by atoms with Crippen molar-refractivity contribution in [2.45, 2.75) is 6.54 Å². The number of halogens is 1. The highest BCUT2D eigenvalue weighted by molar-refractivity contribution is 6.28. The van der Waals surface area contributed by atoms with E-state index in [2.05, 4.69) is 22.2 Å². The molecular formula is C11H13ClN4. The number of benzene rings is 1. The SMILES string of the molecule is CN(C)c1nc(Cl)nn1Cc1ccccc1. The summed E-state index contributed by atoms with van der Waals surface area (Å²) in [6.07, 6.45) is 0. The van der Waals surface area contributed by atoms with Crippen LogP contribution in [0.3, 0.4) is 0 Å². The van der Waals surface area contributed by atoms with E-state index < -0.39 is 0 Å². The van der Waals surface area contributed by atoms with Gasteiger partial charge in [-0.15, -0.1) is 5.10 Å². The van der Waals surface area contributed by atoms with E-state index in [1.54, 1.807) is 4.68 Å². The topological polar surface area (TPSA) is 34.0 Å². The van der Waals surface area contributed by atoms with Crippen molar-refractivity contribution in [2.75, 3.05) is 19.0 Å². The molecule has 0 unspecified atom stereocenters. The first kappa shape index (κ1) is 11.0. The van der Waals surface area contributed by atoms with Gasteiger partial charge in [-0.1, -0.05) is 30.3 Å². The molecule has 0 saturated heterocycles. The van der Waals surface area contributed by atoms with Crippen molar-refractivity contribution in [1.82, 2.24) is 14.8 Å². The molecule has 84 valence electrons. The summed E-state index contributed by atoms with van der Waals surface area (Å²) in [6.45, 7) is 0.675. The number of hydrogen-bond acceptors (Lipinski definition) is 3. The van der Waals surface area contributed by atoms with Crippen LogP contribution in [0.25, 0.3) is 0 Å². The van der Waals surface area contributed by atoms with Gasteiger partial charge in [-0.05, 0) is 17.2 Å². The summed E-state index contributed by atoms with van der Waals surface area (Å²) in [7, 11) is 3.84. The summed E-state index contributed by atoms with van der Waals surface area (Å²) in [4.78, 5) is 6.04. The Kier molecular flexibility index (Phi) is 3.10. The van der Waals surface area contributed by atoms with Gasteiger partial charge in [0.15, 0.2) is 0 Å². The van der Waals surface area contributed by atoms with E-state index in [1.807, 2.05) is 37.2 Å². The molecule has 0 fully saturated rings. The summed E-state index contributed by atoms with van der Waals surface area (Å²) in [6, 6.07) is 10.1. The molecule has 0 spiro atoms. The molecule has 0 amide bonds. The number of rotatable bonds is 3. The van der Waals surface area contributed by atoms with E-state index in [4.69, 9.17) is 11.6 Å². The predicted octanol–water partition coefficient (Wildman–Crippen LogP) is 2.05. The Balaban J connectivity index is 2.28. The molecule has 0 aliphatic heterocycles. The molecule has 0 bridgehead atoms. The van der Waals surface area contributed by atoms with Crippen LogP contribution >= 0.6 is 11.6 Å². The van der Waals surface area contributed by atoms with E-state index >= 15 is 0 Å². The van der Waals surface area contributed by atoms with E-state index in [1.165, 1.54) is 5.56 Å². The maximum atomic E-state index is 5.81. The highest BCUT2D eigenvalue weighted by Crippen LogP contribution is 2.14. The van der Waals surface area contributed by atoms with Gasteiger partial charge in [-0.2, -0.15) is 4.98 Å². The molecule has 0 saturated carbocycles. The molecule has 16 heavy (non-hydrogen) atoms. The summed E-state index contributed by atoms with van der Waals surface area (Å²) in [5.74, 6) is 0.758. The van der Waals surface area contributed by atoms with E-state index in [9.17, 15) is 0 Å². The standard InChI is InChI=1S/C11H13ClN4/c1-15(2)11-13-10(12)14-16(11)8-9-6-4-3-5-7-9/h3-7H,8H2,1-2H3. The summed E-state index contributed by atoms with van der Waals surface area (Å²) in [5.41, 5.74) is 1.17. The average molecular weight is 237 g/mol. The maximum absolute atomic E-state index is 5.81. The van der Waals surface area contributed by atoms with Crippen molar-refractivity contribution in [3.63, 3.8) is 0 Å². The third-order valence-corrected chi connectivity index (χ3v) is 2.36. The Morgan fingerprint density at radius 3 is 2.56 bits per heavy atom. The van der Waals surface area contributed by atoms with Gasteiger partial charge in [0.1, 0.15) is 0 Å². The Labute approximate surface area is 99.5 Å². The molecule has 0 N–H and O–H groups in total. The summed E-state index contributed by atoms with van der Waals surface area (Å²) in [5, 5.41) is 4.43. The van der Waals surface area contributed by atoms with Crippen molar-refractivity contribution in [3.05, 3.63) is 41.2 Å². The Hall–Kier alpha value is -1.55. The van der Waals surface area contributed by atoms with Gasteiger partial charge >= 0.3 is 0 Å². The van der Waals surface area contributed by atoms with Gasteiger partial charge in [0.25, 0.3) is 0 Å². The molecule has 2 rings (SSSR count). The molecule has 1 aromatic carbocycles. The molecular weight excluding hydrogens is 224 g/mol. The highest BCUT2D eigenvalue weighted by atomic mass is 35.5. The minimum Gasteiger partial charge on any atom is -0.347 e. The molecule has 1 aromatic heterocycles. The van der Waals surface area contributed by atoms with Crippen molar-refractivity contribution in [3.8, 4) is 0 Å². The normalized spacial score (nSPS) is 10.4. The quantitative estimate of drug-likeness (QED) is 0.818. The minimum atomic E-state index is 0.277. The number of nitrogens with zero attached hydrogens (tertiary/aromatic N) is 4. The fraction of sp³-hybridized carbons (Fsp3) is 0.273. The van der Waals surface area contributed by atoms with E-state index in [-0.39, 0.29) is 5.28 Å². The lowest BCUT2D eigenvalue weighted by Crippen LogP contribution is -2.16. The Morgan fingerprint density at radius 2 is 1.94 bits per heavy atom. The summed E-state index contributed by atoms with van der Waals surface area (Å²) < 4.78 is 1.79. The molecule has 4 nitrogen and oxygen atoms in total. The van der Waals surface area contributed by atoms with Crippen LogP contribution in [0.15, 0.2) is 30.3 Å². The third kappa shape index (κ3) is 2.33. The first-order valence-electron chi connectivity index (χ1n) is 4.98.